The molecule has 1 aromatic heterocycles. The highest BCUT2D eigenvalue weighted by atomic mass is 16.5. The number of methoxy groups -OCH3 is 3. The van der Waals surface area contributed by atoms with Crippen LogP contribution >= 0.6 is 0 Å². The van der Waals surface area contributed by atoms with Crippen LogP contribution in [0.1, 0.15) is 11.1 Å². The molecule has 0 amide bonds. The third kappa shape index (κ3) is 3.67. The number of rotatable bonds is 6. The van der Waals surface area contributed by atoms with Gasteiger partial charge in [0.2, 0.25) is 5.75 Å². The van der Waals surface area contributed by atoms with Gasteiger partial charge in [-0.3, -0.25) is 4.57 Å². The average molecular weight is 386 g/mol. The van der Waals surface area contributed by atoms with E-state index in [1.54, 1.807) is 21.3 Å². The summed E-state index contributed by atoms with van der Waals surface area (Å²) in [4.78, 5) is 4.48. The van der Waals surface area contributed by atoms with Gasteiger partial charge in [0.15, 0.2) is 11.5 Å². The summed E-state index contributed by atoms with van der Waals surface area (Å²) in [6.07, 6.45) is 5.94. The number of hydrogen-bond donors (Lipinski definition) is 0. The van der Waals surface area contributed by atoms with Crippen molar-refractivity contribution in [1.82, 2.24) is 9.55 Å². The van der Waals surface area contributed by atoms with Crippen LogP contribution < -0.4 is 14.2 Å². The standard InChI is InChI=1S/C24H22N2O3/c1-27-22-14-18(15-23(28-2)24(22)29-3)12-11-17-7-6-8-19(13-17)26-16-25-20-9-4-5-10-21(20)26/h4-16H,1-3H3. The van der Waals surface area contributed by atoms with E-state index in [9.17, 15) is 0 Å². The van der Waals surface area contributed by atoms with Crippen LogP contribution in [0, 0.1) is 0 Å². The van der Waals surface area contributed by atoms with Gasteiger partial charge in [-0.05, 0) is 47.5 Å². The summed E-state index contributed by atoms with van der Waals surface area (Å²) in [5.41, 5.74) is 5.15. The average Bonchev–Trinajstić information content (AvgIpc) is 3.21. The lowest BCUT2D eigenvalue weighted by Gasteiger charge is -2.12. The number of nitrogens with zero attached hydrogens (tertiary/aromatic N) is 2. The maximum absolute atomic E-state index is 5.43. The molecule has 29 heavy (non-hydrogen) atoms. The Morgan fingerprint density at radius 3 is 2.21 bits per heavy atom. The number of imidazole rings is 1. The highest BCUT2D eigenvalue weighted by Crippen LogP contribution is 2.38. The molecule has 3 aromatic carbocycles. The molecule has 0 aliphatic rings. The quantitative estimate of drug-likeness (QED) is 0.426. The molecule has 4 rings (SSSR count). The van der Waals surface area contributed by atoms with Gasteiger partial charge in [0.05, 0.1) is 32.4 Å². The number of hydrogen-bond acceptors (Lipinski definition) is 4. The summed E-state index contributed by atoms with van der Waals surface area (Å²) < 4.78 is 18.3. The van der Waals surface area contributed by atoms with Crippen molar-refractivity contribution in [3.05, 3.63) is 78.1 Å². The van der Waals surface area contributed by atoms with E-state index in [4.69, 9.17) is 14.2 Å². The van der Waals surface area contributed by atoms with E-state index in [1.165, 1.54) is 0 Å². The summed E-state index contributed by atoms with van der Waals surface area (Å²) in [6, 6.07) is 20.3. The zero-order valence-electron chi connectivity index (χ0n) is 16.6. The summed E-state index contributed by atoms with van der Waals surface area (Å²) in [5.74, 6) is 1.84. The fourth-order valence-corrected chi connectivity index (χ4v) is 3.33. The SMILES string of the molecule is COc1cc(C=Cc2cccc(-n3cnc4ccccc43)c2)cc(OC)c1OC. The van der Waals surface area contributed by atoms with Crippen molar-refractivity contribution < 1.29 is 14.2 Å². The number of ether oxygens (including phenoxy) is 3. The van der Waals surface area contributed by atoms with E-state index in [2.05, 4.69) is 39.9 Å². The maximum Gasteiger partial charge on any atom is 0.203 e. The fourth-order valence-electron chi connectivity index (χ4n) is 3.33. The van der Waals surface area contributed by atoms with Crippen LogP contribution in [0.2, 0.25) is 0 Å². The van der Waals surface area contributed by atoms with Crippen LogP contribution in [0.3, 0.4) is 0 Å². The van der Waals surface area contributed by atoms with Crippen LogP contribution in [0.5, 0.6) is 17.2 Å². The molecule has 0 bridgehead atoms. The Morgan fingerprint density at radius 1 is 0.759 bits per heavy atom. The molecule has 0 atom stereocenters. The van der Waals surface area contributed by atoms with Crippen LogP contribution in [0.15, 0.2) is 67.0 Å². The summed E-state index contributed by atoms with van der Waals surface area (Å²) >= 11 is 0. The van der Waals surface area contributed by atoms with Crippen molar-refractivity contribution in [3.63, 3.8) is 0 Å². The van der Waals surface area contributed by atoms with Crippen molar-refractivity contribution in [3.8, 4) is 22.9 Å². The van der Waals surface area contributed by atoms with Gasteiger partial charge in [0.25, 0.3) is 0 Å². The minimum Gasteiger partial charge on any atom is -0.493 e. The molecule has 0 aliphatic carbocycles. The van der Waals surface area contributed by atoms with Gasteiger partial charge in [-0.2, -0.15) is 0 Å². The van der Waals surface area contributed by atoms with Crippen molar-refractivity contribution >= 4 is 23.2 Å². The first-order valence-electron chi connectivity index (χ1n) is 9.24. The van der Waals surface area contributed by atoms with E-state index in [1.807, 2.05) is 48.8 Å². The molecule has 0 fully saturated rings. The molecule has 5 heteroatoms. The number of benzene rings is 3. The molecule has 5 nitrogen and oxygen atoms in total. The molecule has 146 valence electrons. The Bertz CT molecular complexity index is 1150. The normalized spacial score (nSPS) is 11.1. The molecule has 0 radical (unpaired) electrons. The summed E-state index contributed by atoms with van der Waals surface area (Å²) in [6.45, 7) is 0. The lowest BCUT2D eigenvalue weighted by Crippen LogP contribution is -1.95. The lowest BCUT2D eigenvalue weighted by atomic mass is 10.1. The highest BCUT2D eigenvalue weighted by molar-refractivity contribution is 5.78. The van der Waals surface area contributed by atoms with Crippen molar-refractivity contribution in [2.45, 2.75) is 0 Å². The van der Waals surface area contributed by atoms with E-state index in [-0.39, 0.29) is 0 Å². The van der Waals surface area contributed by atoms with E-state index in [0.717, 1.165) is 27.8 Å². The molecule has 0 spiro atoms. The Hall–Kier alpha value is -3.73. The van der Waals surface area contributed by atoms with Crippen molar-refractivity contribution in [2.75, 3.05) is 21.3 Å². The topological polar surface area (TPSA) is 45.5 Å². The predicted molar refractivity (Wildman–Crippen MR) is 116 cm³/mol. The number of aromatic nitrogens is 2. The number of para-hydroxylation sites is 2. The molecule has 0 aliphatic heterocycles. The molecule has 0 unspecified atom stereocenters. The third-order valence-electron chi connectivity index (χ3n) is 4.76. The molecule has 0 N–H and O–H groups in total. The van der Waals surface area contributed by atoms with Gasteiger partial charge in [0.1, 0.15) is 6.33 Å². The predicted octanol–water partition coefficient (Wildman–Crippen LogP) is 5.22. The van der Waals surface area contributed by atoms with Gasteiger partial charge >= 0.3 is 0 Å². The van der Waals surface area contributed by atoms with Crippen LogP contribution in [0.25, 0.3) is 28.9 Å². The molecule has 0 saturated carbocycles. The minimum absolute atomic E-state index is 0.584. The van der Waals surface area contributed by atoms with Crippen molar-refractivity contribution in [2.24, 2.45) is 0 Å². The third-order valence-corrected chi connectivity index (χ3v) is 4.76. The minimum atomic E-state index is 0.584. The second-order valence-corrected chi connectivity index (χ2v) is 6.49. The molecule has 0 saturated heterocycles. The molecule has 4 aromatic rings. The monoisotopic (exact) mass is 386 g/mol. The smallest absolute Gasteiger partial charge is 0.203 e. The Morgan fingerprint density at radius 2 is 1.48 bits per heavy atom. The molecular weight excluding hydrogens is 364 g/mol. The van der Waals surface area contributed by atoms with Gasteiger partial charge in [0, 0.05) is 5.69 Å². The van der Waals surface area contributed by atoms with Gasteiger partial charge in [-0.25, -0.2) is 4.98 Å². The Labute approximate surface area is 169 Å². The van der Waals surface area contributed by atoms with Crippen molar-refractivity contribution in [1.29, 1.82) is 0 Å². The number of fused-ring (bicyclic) bond motifs is 1. The van der Waals surface area contributed by atoms with E-state index < -0.39 is 0 Å². The summed E-state index contributed by atoms with van der Waals surface area (Å²) in [5, 5.41) is 0. The van der Waals surface area contributed by atoms with Crippen LogP contribution in [-0.4, -0.2) is 30.9 Å². The first-order chi connectivity index (χ1) is 14.2. The highest BCUT2D eigenvalue weighted by Gasteiger charge is 2.12. The second-order valence-electron chi connectivity index (χ2n) is 6.49. The van der Waals surface area contributed by atoms with Gasteiger partial charge in [-0.1, -0.05) is 36.4 Å². The maximum atomic E-state index is 5.43. The lowest BCUT2D eigenvalue weighted by molar-refractivity contribution is 0.324. The first-order valence-corrected chi connectivity index (χ1v) is 9.24. The largest absolute Gasteiger partial charge is 0.493 e. The van der Waals surface area contributed by atoms with E-state index in [0.29, 0.717) is 17.2 Å². The Kier molecular flexibility index (Phi) is 5.20. The Balaban J connectivity index is 1.67. The van der Waals surface area contributed by atoms with Crippen LogP contribution in [0.4, 0.5) is 0 Å². The van der Waals surface area contributed by atoms with E-state index >= 15 is 0 Å². The second kappa shape index (κ2) is 8.10. The zero-order chi connectivity index (χ0) is 20.2. The zero-order valence-corrected chi connectivity index (χ0v) is 16.6. The van der Waals surface area contributed by atoms with Gasteiger partial charge < -0.3 is 14.2 Å². The fraction of sp³-hybridized carbons (Fsp3) is 0.125. The molecule has 1 heterocycles. The first kappa shape index (κ1) is 18.6. The summed E-state index contributed by atoms with van der Waals surface area (Å²) in [7, 11) is 4.83. The van der Waals surface area contributed by atoms with Gasteiger partial charge in [-0.15, -0.1) is 0 Å². The van der Waals surface area contributed by atoms with Crippen LogP contribution in [-0.2, 0) is 0 Å². The molecular formula is C24H22N2O3.